The molecular weight excluding hydrogens is 322 g/mol. The molecule has 0 saturated heterocycles. The van der Waals surface area contributed by atoms with Crippen LogP contribution in [0.4, 0.5) is 0 Å². The van der Waals surface area contributed by atoms with Gasteiger partial charge in [-0.1, -0.05) is 38.1 Å². The van der Waals surface area contributed by atoms with Crippen molar-refractivity contribution >= 4 is 28.2 Å². The van der Waals surface area contributed by atoms with E-state index in [0.717, 1.165) is 16.1 Å². The normalized spacial score (nSPS) is 13.2. The van der Waals surface area contributed by atoms with E-state index in [-0.39, 0.29) is 23.8 Å². The first-order valence-corrected chi connectivity index (χ1v) is 8.81. The highest BCUT2D eigenvalue weighted by Crippen LogP contribution is 2.27. The van der Waals surface area contributed by atoms with Crippen molar-refractivity contribution in [3.63, 3.8) is 0 Å². The van der Waals surface area contributed by atoms with E-state index in [9.17, 15) is 4.79 Å². The van der Waals surface area contributed by atoms with E-state index >= 15 is 0 Å². The number of hydrogen-bond donors (Lipinski definition) is 1. The van der Waals surface area contributed by atoms with Gasteiger partial charge in [-0.3, -0.25) is 4.79 Å². The van der Waals surface area contributed by atoms with Crippen LogP contribution >= 0.6 is 11.3 Å². The summed E-state index contributed by atoms with van der Waals surface area (Å²) in [4.78, 5) is 17.0. The maximum absolute atomic E-state index is 12.3. The molecule has 1 aromatic carbocycles. The highest BCUT2D eigenvalue weighted by molar-refractivity contribution is 7.09. The second-order valence-electron chi connectivity index (χ2n) is 6.91. The van der Waals surface area contributed by atoms with Gasteiger partial charge < -0.3 is 9.84 Å². The first kappa shape index (κ1) is 16.6. The van der Waals surface area contributed by atoms with Crippen molar-refractivity contribution in [1.29, 1.82) is 0 Å². The molecule has 0 spiro atoms. The minimum Gasteiger partial charge on any atom is -0.356 e. The van der Waals surface area contributed by atoms with Gasteiger partial charge in [-0.05, 0) is 19.1 Å². The average molecular weight is 343 g/mol. The number of thiazole rings is 1. The van der Waals surface area contributed by atoms with Crippen molar-refractivity contribution < 1.29 is 9.32 Å². The van der Waals surface area contributed by atoms with Crippen LogP contribution in [0.3, 0.4) is 0 Å². The molecule has 1 N–H and O–H groups in total. The van der Waals surface area contributed by atoms with Crippen LogP contribution in [0.1, 0.15) is 50.1 Å². The van der Waals surface area contributed by atoms with Gasteiger partial charge in [-0.15, -0.1) is 11.3 Å². The monoisotopic (exact) mass is 343 g/mol. The molecule has 0 saturated carbocycles. The van der Waals surface area contributed by atoms with Crippen LogP contribution in [0.2, 0.25) is 0 Å². The number of rotatable bonds is 4. The summed E-state index contributed by atoms with van der Waals surface area (Å²) < 4.78 is 5.24. The number of carbonyl (C=O) groups is 1. The minimum atomic E-state index is -0.128. The van der Waals surface area contributed by atoms with Gasteiger partial charge in [-0.25, -0.2) is 4.98 Å². The highest BCUT2D eigenvalue weighted by Gasteiger charge is 2.21. The number of fused-ring (bicyclic) bond motifs is 1. The van der Waals surface area contributed by atoms with Crippen LogP contribution in [-0.2, 0) is 16.6 Å². The SMILES string of the molecule is C[C@H](NC(=O)Cc1noc2ccccc12)c1nc(C(C)(C)C)cs1. The molecule has 6 heteroatoms. The van der Waals surface area contributed by atoms with Crippen molar-refractivity contribution in [2.45, 2.75) is 45.6 Å². The molecule has 5 nitrogen and oxygen atoms in total. The van der Waals surface area contributed by atoms with E-state index in [2.05, 4.69) is 41.6 Å². The maximum Gasteiger partial charge on any atom is 0.226 e. The number of amides is 1. The number of aromatic nitrogens is 2. The fourth-order valence-corrected chi connectivity index (χ4v) is 3.46. The predicted octanol–water partition coefficient (Wildman–Crippen LogP) is 4.00. The Morgan fingerprint density at radius 1 is 1.33 bits per heavy atom. The van der Waals surface area contributed by atoms with Gasteiger partial charge in [0, 0.05) is 16.2 Å². The molecule has 2 aromatic heterocycles. The van der Waals surface area contributed by atoms with Crippen LogP contribution in [0.25, 0.3) is 11.0 Å². The van der Waals surface area contributed by atoms with Crippen LogP contribution in [-0.4, -0.2) is 16.0 Å². The zero-order chi connectivity index (χ0) is 17.3. The maximum atomic E-state index is 12.3. The summed E-state index contributed by atoms with van der Waals surface area (Å²) in [5, 5.41) is 10.8. The smallest absolute Gasteiger partial charge is 0.226 e. The topological polar surface area (TPSA) is 68.0 Å². The Bertz CT molecular complexity index is 860. The zero-order valence-electron chi connectivity index (χ0n) is 14.3. The molecule has 0 fully saturated rings. The third kappa shape index (κ3) is 3.48. The Hall–Kier alpha value is -2.21. The molecule has 0 aliphatic heterocycles. The Balaban J connectivity index is 1.67. The second kappa shape index (κ2) is 6.36. The van der Waals surface area contributed by atoms with Crippen molar-refractivity contribution in [2.24, 2.45) is 0 Å². The lowest BCUT2D eigenvalue weighted by molar-refractivity contribution is -0.121. The summed E-state index contributed by atoms with van der Waals surface area (Å²) in [5.41, 5.74) is 2.41. The number of carbonyl (C=O) groups excluding carboxylic acids is 1. The van der Waals surface area contributed by atoms with Gasteiger partial charge in [0.1, 0.15) is 10.7 Å². The molecule has 24 heavy (non-hydrogen) atoms. The third-order valence-corrected chi connectivity index (χ3v) is 4.85. The van der Waals surface area contributed by atoms with Crippen molar-refractivity contribution in [3.8, 4) is 0 Å². The molecule has 1 atom stereocenters. The summed E-state index contributed by atoms with van der Waals surface area (Å²) in [6.45, 7) is 8.34. The quantitative estimate of drug-likeness (QED) is 0.777. The molecular formula is C18H21N3O2S. The molecule has 0 radical (unpaired) electrons. The van der Waals surface area contributed by atoms with Crippen molar-refractivity contribution in [2.75, 3.05) is 0 Å². The summed E-state index contributed by atoms with van der Waals surface area (Å²) in [7, 11) is 0. The first-order chi connectivity index (χ1) is 11.3. The van der Waals surface area contributed by atoms with E-state index in [0.29, 0.717) is 11.3 Å². The van der Waals surface area contributed by atoms with Gasteiger partial charge in [0.05, 0.1) is 18.2 Å². The summed E-state index contributed by atoms with van der Waals surface area (Å²) in [6.07, 6.45) is 0.193. The fraction of sp³-hybridized carbons (Fsp3) is 0.389. The Morgan fingerprint density at radius 2 is 2.08 bits per heavy atom. The lowest BCUT2D eigenvalue weighted by Gasteiger charge is -2.15. The molecule has 126 valence electrons. The molecule has 0 bridgehead atoms. The summed E-state index contributed by atoms with van der Waals surface area (Å²) >= 11 is 1.58. The number of benzene rings is 1. The molecule has 0 unspecified atom stereocenters. The molecule has 0 aliphatic carbocycles. The molecule has 3 rings (SSSR count). The minimum absolute atomic E-state index is 0.0120. The van der Waals surface area contributed by atoms with Crippen LogP contribution in [0.15, 0.2) is 34.2 Å². The summed E-state index contributed by atoms with van der Waals surface area (Å²) in [6, 6.07) is 7.42. The Labute approximate surface area is 145 Å². The van der Waals surface area contributed by atoms with Gasteiger partial charge in [0.25, 0.3) is 0 Å². The van der Waals surface area contributed by atoms with Crippen molar-refractivity contribution in [1.82, 2.24) is 15.5 Å². The number of nitrogens with zero attached hydrogens (tertiary/aromatic N) is 2. The molecule has 1 amide bonds. The van der Waals surface area contributed by atoms with E-state index in [1.54, 1.807) is 11.3 Å². The van der Waals surface area contributed by atoms with E-state index in [4.69, 9.17) is 4.52 Å². The molecule has 2 heterocycles. The number of nitrogens with one attached hydrogen (secondary N) is 1. The van der Waals surface area contributed by atoms with Crippen LogP contribution in [0.5, 0.6) is 0 Å². The molecule has 0 aliphatic rings. The second-order valence-corrected chi connectivity index (χ2v) is 7.80. The van der Waals surface area contributed by atoms with E-state index < -0.39 is 0 Å². The number of para-hydroxylation sites is 1. The van der Waals surface area contributed by atoms with Crippen molar-refractivity contribution in [3.05, 3.63) is 46.0 Å². The number of hydrogen-bond acceptors (Lipinski definition) is 5. The Morgan fingerprint density at radius 3 is 2.79 bits per heavy atom. The summed E-state index contributed by atoms with van der Waals surface area (Å²) in [5.74, 6) is -0.0888. The fourth-order valence-electron chi connectivity index (χ4n) is 2.40. The largest absolute Gasteiger partial charge is 0.356 e. The van der Waals surface area contributed by atoms with Gasteiger partial charge in [0.15, 0.2) is 5.58 Å². The predicted molar refractivity (Wildman–Crippen MR) is 95.1 cm³/mol. The van der Waals surface area contributed by atoms with Crippen LogP contribution in [0, 0.1) is 0 Å². The molecule has 3 aromatic rings. The van der Waals surface area contributed by atoms with Gasteiger partial charge in [0.2, 0.25) is 5.91 Å². The average Bonchev–Trinajstić information content (AvgIpc) is 3.14. The van der Waals surface area contributed by atoms with Crippen LogP contribution < -0.4 is 5.32 Å². The zero-order valence-corrected chi connectivity index (χ0v) is 15.1. The third-order valence-electron chi connectivity index (χ3n) is 3.82. The van der Waals surface area contributed by atoms with Gasteiger partial charge in [-0.2, -0.15) is 0 Å². The van der Waals surface area contributed by atoms with E-state index in [1.807, 2.05) is 31.2 Å². The lowest BCUT2D eigenvalue weighted by Crippen LogP contribution is -2.28. The van der Waals surface area contributed by atoms with E-state index in [1.165, 1.54) is 0 Å². The Kier molecular flexibility index (Phi) is 4.41. The standard InChI is InChI=1S/C18H21N3O2S/c1-11(17-20-15(10-24-17)18(2,3)4)19-16(22)9-13-12-7-5-6-8-14(12)23-21-13/h5-8,10-11H,9H2,1-4H3,(H,19,22)/t11-/m0/s1. The first-order valence-electron chi connectivity index (χ1n) is 7.93. The van der Waals surface area contributed by atoms with Gasteiger partial charge >= 0.3 is 0 Å². The lowest BCUT2D eigenvalue weighted by atomic mass is 9.93. The highest BCUT2D eigenvalue weighted by atomic mass is 32.1.